The number of nitrogens with one attached hydrogen (secondary N) is 1. The van der Waals surface area contributed by atoms with Crippen molar-refractivity contribution in [3.05, 3.63) is 23.8 Å². The molecule has 1 heterocycles. The Morgan fingerprint density at radius 3 is 2.73 bits per heavy atom. The Hall–Kier alpha value is -1.22. The minimum absolute atomic E-state index is 0.659. The van der Waals surface area contributed by atoms with Crippen LogP contribution in [0.25, 0.3) is 0 Å². The van der Waals surface area contributed by atoms with E-state index in [0.29, 0.717) is 13.2 Å². The number of benzene rings is 1. The summed E-state index contributed by atoms with van der Waals surface area (Å²) in [6, 6.07) is 6.92. The number of ether oxygens (including phenoxy) is 2. The monoisotopic (exact) mass is 205 g/mol. The Labute approximate surface area is 89.4 Å². The molecule has 1 aliphatic heterocycles. The minimum atomic E-state index is 0.659. The maximum absolute atomic E-state index is 5.53. The average molecular weight is 205 g/mol. The van der Waals surface area contributed by atoms with Crippen LogP contribution in [0.4, 0.5) is 0 Å². The Balaban J connectivity index is 1.71. The lowest BCUT2D eigenvalue weighted by atomic mass is 10.2. The molecule has 3 nitrogen and oxygen atoms in total. The molecule has 0 radical (unpaired) electrons. The van der Waals surface area contributed by atoms with E-state index in [1.165, 1.54) is 18.4 Å². The van der Waals surface area contributed by atoms with Crippen molar-refractivity contribution >= 4 is 0 Å². The van der Waals surface area contributed by atoms with Crippen LogP contribution in [-0.2, 0) is 6.54 Å². The van der Waals surface area contributed by atoms with Gasteiger partial charge in [-0.25, -0.2) is 0 Å². The van der Waals surface area contributed by atoms with Crippen molar-refractivity contribution in [2.45, 2.75) is 25.4 Å². The fourth-order valence-corrected chi connectivity index (χ4v) is 1.75. The third kappa shape index (κ3) is 2.07. The van der Waals surface area contributed by atoms with Gasteiger partial charge in [0.1, 0.15) is 13.2 Å². The van der Waals surface area contributed by atoms with E-state index < -0.39 is 0 Å². The molecule has 1 fully saturated rings. The molecule has 0 saturated heterocycles. The normalized spacial score (nSPS) is 18.9. The van der Waals surface area contributed by atoms with Crippen molar-refractivity contribution in [1.82, 2.24) is 5.32 Å². The fourth-order valence-electron chi connectivity index (χ4n) is 1.75. The predicted octanol–water partition coefficient (Wildman–Crippen LogP) is 1.71. The maximum atomic E-state index is 5.53. The lowest BCUT2D eigenvalue weighted by Gasteiger charge is -2.18. The lowest BCUT2D eigenvalue weighted by molar-refractivity contribution is 0.171. The van der Waals surface area contributed by atoms with Gasteiger partial charge in [0, 0.05) is 12.6 Å². The first-order valence-corrected chi connectivity index (χ1v) is 5.54. The van der Waals surface area contributed by atoms with Gasteiger partial charge in [-0.15, -0.1) is 0 Å². The molecule has 0 amide bonds. The highest BCUT2D eigenvalue weighted by molar-refractivity contribution is 5.43. The van der Waals surface area contributed by atoms with Crippen LogP contribution >= 0.6 is 0 Å². The Bertz CT molecular complexity index is 361. The Morgan fingerprint density at radius 2 is 1.93 bits per heavy atom. The lowest BCUT2D eigenvalue weighted by Crippen LogP contribution is -2.17. The van der Waals surface area contributed by atoms with Gasteiger partial charge >= 0.3 is 0 Å². The molecule has 80 valence electrons. The fraction of sp³-hybridized carbons (Fsp3) is 0.500. The van der Waals surface area contributed by atoms with Gasteiger partial charge in [0.25, 0.3) is 0 Å². The Kier molecular flexibility index (Phi) is 2.25. The number of hydrogen-bond acceptors (Lipinski definition) is 3. The van der Waals surface area contributed by atoms with Crippen LogP contribution in [0.15, 0.2) is 18.2 Å². The molecule has 0 unspecified atom stereocenters. The van der Waals surface area contributed by atoms with Crippen molar-refractivity contribution in [1.29, 1.82) is 0 Å². The van der Waals surface area contributed by atoms with E-state index in [1.54, 1.807) is 0 Å². The van der Waals surface area contributed by atoms with E-state index in [2.05, 4.69) is 17.4 Å². The number of fused-ring (bicyclic) bond motifs is 1. The van der Waals surface area contributed by atoms with Gasteiger partial charge in [0.2, 0.25) is 0 Å². The van der Waals surface area contributed by atoms with Crippen molar-refractivity contribution in [2.75, 3.05) is 13.2 Å². The van der Waals surface area contributed by atoms with Crippen LogP contribution in [0.5, 0.6) is 11.5 Å². The van der Waals surface area contributed by atoms with Gasteiger partial charge in [0.15, 0.2) is 11.5 Å². The third-order valence-electron chi connectivity index (χ3n) is 2.78. The zero-order valence-electron chi connectivity index (χ0n) is 8.66. The van der Waals surface area contributed by atoms with E-state index in [-0.39, 0.29) is 0 Å². The minimum Gasteiger partial charge on any atom is -0.486 e. The first-order chi connectivity index (χ1) is 7.42. The molecule has 1 N–H and O–H groups in total. The van der Waals surface area contributed by atoms with E-state index in [0.717, 1.165) is 24.1 Å². The van der Waals surface area contributed by atoms with E-state index in [9.17, 15) is 0 Å². The molecule has 1 aromatic carbocycles. The molecule has 3 rings (SSSR count). The molecule has 2 aliphatic rings. The summed E-state index contributed by atoms with van der Waals surface area (Å²) in [5.41, 5.74) is 1.27. The average Bonchev–Trinajstić information content (AvgIpc) is 3.10. The Morgan fingerprint density at radius 1 is 1.13 bits per heavy atom. The van der Waals surface area contributed by atoms with Gasteiger partial charge in [0.05, 0.1) is 0 Å². The molecule has 1 aromatic rings. The largest absolute Gasteiger partial charge is 0.486 e. The van der Waals surface area contributed by atoms with E-state index in [4.69, 9.17) is 9.47 Å². The molecular formula is C12H15NO2. The van der Waals surface area contributed by atoms with Crippen molar-refractivity contribution in [2.24, 2.45) is 0 Å². The van der Waals surface area contributed by atoms with Gasteiger partial charge in [-0.2, -0.15) is 0 Å². The summed E-state index contributed by atoms with van der Waals surface area (Å²) >= 11 is 0. The highest BCUT2D eigenvalue weighted by Gasteiger charge is 2.20. The van der Waals surface area contributed by atoms with Crippen molar-refractivity contribution < 1.29 is 9.47 Å². The zero-order chi connectivity index (χ0) is 10.1. The summed E-state index contributed by atoms with van der Waals surface area (Å²) in [5, 5.41) is 3.48. The van der Waals surface area contributed by atoms with Gasteiger partial charge in [-0.05, 0) is 30.5 Å². The standard InChI is InChI=1S/C12H15NO2/c1-4-11-12(15-6-5-14-11)7-9(1)8-13-10-2-3-10/h1,4,7,10,13H,2-3,5-6,8H2. The van der Waals surface area contributed by atoms with Crippen LogP contribution < -0.4 is 14.8 Å². The van der Waals surface area contributed by atoms with Crippen molar-refractivity contribution in [3.63, 3.8) is 0 Å². The summed E-state index contributed by atoms with van der Waals surface area (Å²) in [6.07, 6.45) is 2.65. The summed E-state index contributed by atoms with van der Waals surface area (Å²) < 4.78 is 11.0. The van der Waals surface area contributed by atoms with Gasteiger partial charge in [-0.3, -0.25) is 0 Å². The number of rotatable bonds is 3. The quantitative estimate of drug-likeness (QED) is 0.814. The van der Waals surface area contributed by atoms with Gasteiger partial charge in [-0.1, -0.05) is 6.07 Å². The molecule has 15 heavy (non-hydrogen) atoms. The molecular weight excluding hydrogens is 190 g/mol. The molecule has 0 atom stereocenters. The summed E-state index contributed by atoms with van der Waals surface area (Å²) in [6.45, 7) is 2.25. The summed E-state index contributed by atoms with van der Waals surface area (Å²) in [4.78, 5) is 0. The SMILES string of the molecule is c1cc2c(cc1CNC1CC1)OCCO2. The van der Waals surface area contributed by atoms with Crippen LogP contribution in [-0.4, -0.2) is 19.3 Å². The van der Waals surface area contributed by atoms with Crippen LogP contribution in [0.3, 0.4) is 0 Å². The molecule has 1 aliphatic carbocycles. The summed E-state index contributed by atoms with van der Waals surface area (Å²) in [5.74, 6) is 1.76. The second-order valence-electron chi connectivity index (χ2n) is 4.13. The van der Waals surface area contributed by atoms with E-state index in [1.807, 2.05) is 6.07 Å². The predicted molar refractivity (Wildman–Crippen MR) is 57.3 cm³/mol. The highest BCUT2D eigenvalue weighted by atomic mass is 16.6. The van der Waals surface area contributed by atoms with Gasteiger partial charge < -0.3 is 14.8 Å². The summed E-state index contributed by atoms with van der Waals surface area (Å²) in [7, 11) is 0. The van der Waals surface area contributed by atoms with Crippen molar-refractivity contribution in [3.8, 4) is 11.5 Å². The van der Waals surface area contributed by atoms with Crippen LogP contribution in [0, 0.1) is 0 Å². The number of hydrogen-bond donors (Lipinski definition) is 1. The molecule has 0 aromatic heterocycles. The highest BCUT2D eigenvalue weighted by Crippen LogP contribution is 2.31. The van der Waals surface area contributed by atoms with Crippen LogP contribution in [0.2, 0.25) is 0 Å². The van der Waals surface area contributed by atoms with Crippen LogP contribution in [0.1, 0.15) is 18.4 Å². The first kappa shape index (κ1) is 9.04. The molecule has 1 saturated carbocycles. The smallest absolute Gasteiger partial charge is 0.161 e. The second kappa shape index (κ2) is 3.74. The molecule has 3 heteroatoms. The topological polar surface area (TPSA) is 30.5 Å². The first-order valence-electron chi connectivity index (χ1n) is 5.54. The third-order valence-corrected chi connectivity index (χ3v) is 2.78. The second-order valence-corrected chi connectivity index (χ2v) is 4.13. The maximum Gasteiger partial charge on any atom is 0.161 e. The molecule has 0 bridgehead atoms. The molecule has 0 spiro atoms. The van der Waals surface area contributed by atoms with E-state index >= 15 is 0 Å². The zero-order valence-corrected chi connectivity index (χ0v) is 8.66.